The Labute approximate surface area is 165 Å². The molecule has 0 spiro atoms. The van der Waals surface area contributed by atoms with E-state index >= 15 is 0 Å². The highest BCUT2D eigenvalue weighted by Gasteiger charge is 2.19. The van der Waals surface area contributed by atoms with E-state index < -0.39 is 0 Å². The summed E-state index contributed by atoms with van der Waals surface area (Å²) >= 11 is 1.64. The molecule has 148 valence electrons. The molecule has 8 heteroatoms. The first-order chi connectivity index (χ1) is 13.0. The number of thiophene rings is 1. The Morgan fingerprint density at radius 1 is 1.19 bits per heavy atom. The Kier molecular flexibility index (Phi) is 6.62. The Bertz CT molecular complexity index is 782. The summed E-state index contributed by atoms with van der Waals surface area (Å²) in [5, 5.41) is 6.01. The molecule has 2 aromatic rings. The lowest BCUT2D eigenvalue weighted by Crippen LogP contribution is -2.48. The third-order valence-electron chi connectivity index (χ3n) is 4.96. The number of carbonyl (C=O) groups is 1. The second kappa shape index (κ2) is 8.95. The van der Waals surface area contributed by atoms with Crippen LogP contribution in [0.3, 0.4) is 0 Å². The third kappa shape index (κ3) is 4.75. The predicted octanol–water partition coefficient (Wildman–Crippen LogP) is 1.82. The zero-order chi connectivity index (χ0) is 19.4. The summed E-state index contributed by atoms with van der Waals surface area (Å²) in [7, 11) is 3.89. The number of fused-ring (bicyclic) bond motifs is 1. The van der Waals surface area contributed by atoms with Crippen LogP contribution in [-0.4, -0.2) is 85.6 Å². The highest BCUT2D eigenvalue weighted by Crippen LogP contribution is 2.30. The van der Waals surface area contributed by atoms with Crippen LogP contribution in [-0.2, 0) is 0 Å². The van der Waals surface area contributed by atoms with E-state index in [0.29, 0.717) is 6.54 Å². The van der Waals surface area contributed by atoms with Crippen molar-refractivity contribution >= 4 is 34.0 Å². The SMILES string of the molecule is CCCN1CCN(CCNC(=O)c2nc(N(C)C)c3c(C)scc3n2)CC1. The first kappa shape index (κ1) is 20.0. The molecular weight excluding hydrogens is 360 g/mol. The summed E-state index contributed by atoms with van der Waals surface area (Å²) < 4.78 is 0. The van der Waals surface area contributed by atoms with E-state index in [1.807, 2.05) is 24.4 Å². The summed E-state index contributed by atoms with van der Waals surface area (Å²) in [5.74, 6) is 0.848. The molecule has 0 aliphatic carbocycles. The Morgan fingerprint density at radius 2 is 1.85 bits per heavy atom. The topological polar surface area (TPSA) is 64.6 Å². The third-order valence-corrected chi connectivity index (χ3v) is 5.86. The fourth-order valence-electron chi connectivity index (χ4n) is 3.48. The van der Waals surface area contributed by atoms with Crippen molar-refractivity contribution in [3.63, 3.8) is 0 Å². The number of hydrogen-bond acceptors (Lipinski definition) is 7. The van der Waals surface area contributed by atoms with Gasteiger partial charge in [-0.2, -0.15) is 0 Å². The van der Waals surface area contributed by atoms with Crippen molar-refractivity contribution in [2.45, 2.75) is 20.3 Å². The molecule has 0 saturated carbocycles. The van der Waals surface area contributed by atoms with Crippen LogP contribution in [0.2, 0.25) is 0 Å². The number of nitrogens with one attached hydrogen (secondary N) is 1. The molecule has 1 saturated heterocycles. The first-order valence-corrected chi connectivity index (χ1v) is 10.5. The number of carbonyl (C=O) groups excluding carboxylic acids is 1. The molecule has 2 aromatic heterocycles. The molecule has 3 heterocycles. The summed E-state index contributed by atoms with van der Waals surface area (Å²) in [6.45, 7) is 11.3. The van der Waals surface area contributed by atoms with Crippen LogP contribution in [0.25, 0.3) is 10.9 Å². The number of aryl methyl sites for hydroxylation is 1. The van der Waals surface area contributed by atoms with Gasteiger partial charge in [-0.3, -0.25) is 9.69 Å². The Balaban J connectivity index is 1.57. The summed E-state index contributed by atoms with van der Waals surface area (Å²) in [4.78, 5) is 29.6. The average molecular weight is 391 g/mol. The standard InChI is InChI=1S/C19H30N6OS/c1-5-7-24-9-11-25(12-10-24)8-6-20-19(26)17-21-15-13-27-14(2)16(15)18(22-17)23(3)4/h13H,5-12H2,1-4H3,(H,20,26). The van der Waals surface area contributed by atoms with Gasteiger partial charge in [-0.25, -0.2) is 9.97 Å². The van der Waals surface area contributed by atoms with E-state index in [4.69, 9.17) is 0 Å². The zero-order valence-corrected chi connectivity index (χ0v) is 17.6. The van der Waals surface area contributed by atoms with Gasteiger partial charge < -0.3 is 15.1 Å². The molecule has 0 bridgehead atoms. The maximum Gasteiger partial charge on any atom is 0.289 e. The van der Waals surface area contributed by atoms with Crippen molar-refractivity contribution in [3.05, 3.63) is 16.1 Å². The van der Waals surface area contributed by atoms with Crippen LogP contribution >= 0.6 is 11.3 Å². The van der Waals surface area contributed by atoms with Crippen molar-refractivity contribution in [2.75, 3.05) is 64.8 Å². The second-order valence-corrected chi connectivity index (χ2v) is 8.34. The molecule has 0 atom stereocenters. The van der Waals surface area contributed by atoms with Crippen molar-refractivity contribution in [2.24, 2.45) is 0 Å². The van der Waals surface area contributed by atoms with Gasteiger partial charge >= 0.3 is 0 Å². The van der Waals surface area contributed by atoms with Crippen molar-refractivity contribution in [1.29, 1.82) is 0 Å². The van der Waals surface area contributed by atoms with Gasteiger partial charge in [-0.1, -0.05) is 6.92 Å². The van der Waals surface area contributed by atoms with Crippen LogP contribution in [0.4, 0.5) is 5.82 Å². The first-order valence-electron chi connectivity index (χ1n) is 9.65. The van der Waals surface area contributed by atoms with Gasteiger partial charge in [-0.15, -0.1) is 11.3 Å². The van der Waals surface area contributed by atoms with E-state index in [2.05, 4.69) is 38.9 Å². The average Bonchev–Trinajstić information content (AvgIpc) is 3.03. The highest BCUT2D eigenvalue weighted by molar-refractivity contribution is 7.11. The largest absolute Gasteiger partial charge is 0.362 e. The molecule has 1 aliphatic heterocycles. The van der Waals surface area contributed by atoms with Crippen LogP contribution in [0.5, 0.6) is 0 Å². The van der Waals surface area contributed by atoms with Gasteiger partial charge in [0.15, 0.2) is 0 Å². The van der Waals surface area contributed by atoms with Crippen LogP contribution in [0.15, 0.2) is 5.38 Å². The lowest BCUT2D eigenvalue weighted by atomic mass is 10.2. The lowest BCUT2D eigenvalue weighted by molar-refractivity contribution is 0.0926. The molecule has 7 nitrogen and oxygen atoms in total. The van der Waals surface area contributed by atoms with E-state index in [-0.39, 0.29) is 11.7 Å². The summed E-state index contributed by atoms with van der Waals surface area (Å²) in [6.07, 6.45) is 1.21. The fourth-order valence-corrected chi connectivity index (χ4v) is 4.25. The van der Waals surface area contributed by atoms with Gasteiger partial charge in [0.05, 0.1) is 10.9 Å². The van der Waals surface area contributed by atoms with Crippen molar-refractivity contribution in [1.82, 2.24) is 25.1 Å². The van der Waals surface area contributed by atoms with E-state index in [1.54, 1.807) is 11.3 Å². The minimum Gasteiger partial charge on any atom is -0.362 e. The molecule has 27 heavy (non-hydrogen) atoms. The number of hydrogen-bond donors (Lipinski definition) is 1. The summed E-state index contributed by atoms with van der Waals surface area (Å²) in [5.41, 5.74) is 0.841. The number of aromatic nitrogens is 2. The maximum absolute atomic E-state index is 12.6. The van der Waals surface area contributed by atoms with Crippen LogP contribution in [0.1, 0.15) is 28.8 Å². The lowest BCUT2D eigenvalue weighted by Gasteiger charge is -2.34. The van der Waals surface area contributed by atoms with Crippen LogP contribution < -0.4 is 10.2 Å². The van der Waals surface area contributed by atoms with E-state index in [9.17, 15) is 4.79 Å². The monoisotopic (exact) mass is 390 g/mol. The molecule has 1 amide bonds. The molecule has 0 radical (unpaired) electrons. The second-order valence-electron chi connectivity index (χ2n) is 7.26. The van der Waals surface area contributed by atoms with Gasteiger partial charge in [0.1, 0.15) is 5.82 Å². The van der Waals surface area contributed by atoms with E-state index in [0.717, 1.165) is 49.4 Å². The minimum absolute atomic E-state index is 0.200. The molecular formula is C19H30N6OS. The quantitative estimate of drug-likeness (QED) is 0.778. The smallest absolute Gasteiger partial charge is 0.289 e. The number of amides is 1. The van der Waals surface area contributed by atoms with Gasteiger partial charge in [0.25, 0.3) is 5.91 Å². The van der Waals surface area contributed by atoms with Gasteiger partial charge in [0, 0.05) is 63.6 Å². The minimum atomic E-state index is -0.200. The zero-order valence-electron chi connectivity index (χ0n) is 16.8. The van der Waals surface area contributed by atoms with E-state index in [1.165, 1.54) is 17.8 Å². The Hall–Kier alpha value is -1.77. The molecule has 1 aliphatic rings. The number of rotatable bonds is 7. The molecule has 0 aromatic carbocycles. The fraction of sp³-hybridized carbons (Fsp3) is 0.632. The maximum atomic E-state index is 12.6. The predicted molar refractivity (Wildman–Crippen MR) is 112 cm³/mol. The normalized spacial score (nSPS) is 16.0. The Morgan fingerprint density at radius 3 is 2.48 bits per heavy atom. The molecule has 1 fully saturated rings. The van der Waals surface area contributed by atoms with Crippen molar-refractivity contribution in [3.8, 4) is 0 Å². The van der Waals surface area contributed by atoms with Crippen LogP contribution in [0, 0.1) is 6.92 Å². The number of nitrogens with zero attached hydrogens (tertiary/aromatic N) is 5. The number of anilines is 1. The highest BCUT2D eigenvalue weighted by atomic mass is 32.1. The molecule has 1 N–H and O–H groups in total. The number of piperazine rings is 1. The van der Waals surface area contributed by atoms with Gasteiger partial charge in [-0.05, 0) is 19.9 Å². The van der Waals surface area contributed by atoms with Gasteiger partial charge in [0.2, 0.25) is 5.82 Å². The molecule has 3 rings (SSSR count). The molecule has 0 unspecified atom stereocenters. The summed E-state index contributed by atoms with van der Waals surface area (Å²) in [6, 6.07) is 0. The van der Waals surface area contributed by atoms with Crippen molar-refractivity contribution < 1.29 is 4.79 Å².